The highest BCUT2D eigenvalue weighted by molar-refractivity contribution is 7.99. The van der Waals surface area contributed by atoms with Crippen molar-refractivity contribution in [3.8, 4) is 11.4 Å². The number of anilines is 2. The van der Waals surface area contributed by atoms with E-state index in [2.05, 4.69) is 21.6 Å². The maximum Gasteiger partial charge on any atom is 0.234 e. The number of carbonyl (C=O) groups is 1. The molecule has 2 aromatic carbocycles. The highest BCUT2D eigenvalue weighted by Crippen LogP contribution is 2.29. The summed E-state index contributed by atoms with van der Waals surface area (Å²) in [6.07, 6.45) is 0. The minimum atomic E-state index is -0.122. The Morgan fingerprint density at radius 1 is 1.21 bits per heavy atom. The third-order valence-corrected chi connectivity index (χ3v) is 5.56. The largest absolute Gasteiger partial charge is 0.376 e. The highest BCUT2D eigenvalue weighted by atomic mass is 35.5. The first-order valence-electron chi connectivity index (χ1n) is 9.28. The van der Waals surface area contributed by atoms with Crippen LogP contribution in [0.2, 0.25) is 5.02 Å². The van der Waals surface area contributed by atoms with Gasteiger partial charge in [0.1, 0.15) is 0 Å². The maximum atomic E-state index is 12.5. The zero-order valence-corrected chi connectivity index (χ0v) is 18.5. The minimum absolute atomic E-state index is 0.122. The van der Waals surface area contributed by atoms with Crippen molar-refractivity contribution in [1.29, 1.82) is 0 Å². The van der Waals surface area contributed by atoms with E-state index in [-0.39, 0.29) is 11.7 Å². The lowest BCUT2D eigenvalue weighted by Gasteiger charge is -2.18. The summed E-state index contributed by atoms with van der Waals surface area (Å²) < 4.78 is 2.03. The number of aryl methyl sites for hydroxylation is 1. The number of carbonyl (C=O) groups excluding carboxylic acids is 1. The van der Waals surface area contributed by atoms with Gasteiger partial charge in [-0.1, -0.05) is 47.1 Å². The molecule has 0 atom stereocenters. The van der Waals surface area contributed by atoms with Crippen LogP contribution in [0.4, 0.5) is 11.4 Å². The van der Waals surface area contributed by atoms with Crippen LogP contribution in [0, 0.1) is 6.92 Å². The molecule has 0 saturated heterocycles. The van der Waals surface area contributed by atoms with Gasteiger partial charge in [0.25, 0.3) is 0 Å². The smallest absolute Gasteiger partial charge is 0.234 e. The van der Waals surface area contributed by atoms with Crippen LogP contribution in [-0.4, -0.2) is 40.5 Å². The number of thioether (sulfide) groups is 1. The van der Waals surface area contributed by atoms with Crippen molar-refractivity contribution >= 4 is 40.6 Å². The molecular weight excluding hydrogens is 406 g/mol. The predicted octanol–water partition coefficient (Wildman–Crippen LogP) is 4.72. The molecular formula is C21H24ClN5OS. The Hall–Kier alpha value is -2.51. The molecule has 29 heavy (non-hydrogen) atoms. The van der Waals surface area contributed by atoms with Crippen molar-refractivity contribution in [2.45, 2.75) is 25.5 Å². The maximum absolute atomic E-state index is 12.5. The van der Waals surface area contributed by atoms with E-state index in [9.17, 15) is 4.79 Å². The third kappa shape index (κ3) is 5.10. The molecule has 0 fully saturated rings. The Bertz CT molecular complexity index is 1020. The van der Waals surface area contributed by atoms with Crippen molar-refractivity contribution in [3.05, 3.63) is 53.1 Å². The molecule has 3 rings (SSSR count). The zero-order chi connectivity index (χ0) is 21.0. The quantitative estimate of drug-likeness (QED) is 0.550. The Morgan fingerprint density at radius 2 is 2.00 bits per heavy atom. The van der Waals surface area contributed by atoms with E-state index in [1.54, 1.807) is 12.1 Å². The SMILES string of the molecule is CCn1c(SCC(=O)Nc2cc(Cl)ccc2N(C)C)nnc1-c1cccc(C)c1. The monoisotopic (exact) mass is 429 g/mol. The highest BCUT2D eigenvalue weighted by Gasteiger charge is 2.16. The Morgan fingerprint density at radius 3 is 2.69 bits per heavy atom. The van der Waals surface area contributed by atoms with Gasteiger partial charge in [-0.15, -0.1) is 10.2 Å². The number of hydrogen-bond acceptors (Lipinski definition) is 5. The summed E-state index contributed by atoms with van der Waals surface area (Å²) in [5.74, 6) is 0.915. The van der Waals surface area contributed by atoms with Crippen LogP contribution in [0.3, 0.4) is 0 Å². The number of rotatable bonds is 7. The van der Waals surface area contributed by atoms with Gasteiger partial charge in [0.2, 0.25) is 5.91 Å². The van der Waals surface area contributed by atoms with E-state index < -0.39 is 0 Å². The third-order valence-electron chi connectivity index (χ3n) is 4.36. The molecule has 0 spiro atoms. The van der Waals surface area contributed by atoms with E-state index in [4.69, 9.17) is 11.6 Å². The van der Waals surface area contributed by atoms with Crippen molar-refractivity contribution in [3.63, 3.8) is 0 Å². The molecule has 152 valence electrons. The average Bonchev–Trinajstić information content (AvgIpc) is 3.09. The number of nitrogens with one attached hydrogen (secondary N) is 1. The fraction of sp³-hybridized carbons (Fsp3) is 0.286. The fourth-order valence-electron chi connectivity index (χ4n) is 2.99. The number of amides is 1. The first-order valence-corrected chi connectivity index (χ1v) is 10.6. The predicted molar refractivity (Wildman–Crippen MR) is 121 cm³/mol. The molecule has 1 aromatic heterocycles. The van der Waals surface area contributed by atoms with E-state index >= 15 is 0 Å². The molecule has 0 aliphatic heterocycles. The van der Waals surface area contributed by atoms with Gasteiger partial charge in [-0.3, -0.25) is 4.79 Å². The zero-order valence-electron chi connectivity index (χ0n) is 16.9. The Labute approximate surface area is 180 Å². The lowest BCUT2D eigenvalue weighted by Crippen LogP contribution is -2.18. The van der Waals surface area contributed by atoms with Gasteiger partial charge >= 0.3 is 0 Å². The van der Waals surface area contributed by atoms with Crippen LogP contribution >= 0.6 is 23.4 Å². The molecule has 6 nitrogen and oxygen atoms in total. The van der Waals surface area contributed by atoms with Gasteiger partial charge < -0.3 is 14.8 Å². The molecule has 0 unspecified atom stereocenters. The van der Waals surface area contributed by atoms with E-state index in [1.807, 2.05) is 61.7 Å². The van der Waals surface area contributed by atoms with Crippen LogP contribution in [0.15, 0.2) is 47.6 Å². The minimum Gasteiger partial charge on any atom is -0.376 e. The Kier molecular flexibility index (Phi) is 6.82. The molecule has 0 saturated carbocycles. The normalized spacial score (nSPS) is 10.8. The topological polar surface area (TPSA) is 63.1 Å². The molecule has 0 bridgehead atoms. The first kappa shape index (κ1) is 21.2. The molecule has 8 heteroatoms. The second kappa shape index (κ2) is 9.33. The molecule has 0 aliphatic carbocycles. The van der Waals surface area contributed by atoms with Crippen LogP contribution in [0.25, 0.3) is 11.4 Å². The number of nitrogens with zero attached hydrogens (tertiary/aromatic N) is 4. The number of benzene rings is 2. The summed E-state index contributed by atoms with van der Waals surface area (Å²) in [7, 11) is 3.84. The molecule has 0 radical (unpaired) electrons. The van der Waals surface area contributed by atoms with Gasteiger partial charge in [-0.2, -0.15) is 0 Å². The number of halogens is 1. The van der Waals surface area contributed by atoms with Gasteiger partial charge in [0.05, 0.1) is 17.1 Å². The van der Waals surface area contributed by atoms with Crippen molar-refractivity contribution in [2.75, 3.05) is 30.1 Å². The molecule has 1 heterocycles. The van der Waals surface area contributed by atoms with Gasteiger partial charge in [0, 0.05) is 31.2 Å². The van der Waals surface area contributed by atoms with Crippen LogP contribution < -0.4 is 10.2 Å². The standard InChI is InChI=1S/C21H24ClN5OS/c1-5-27-20(15-8-6-7-14(2)11-15)24-25-21(27)29-13-19(28)23-17-12-16(22)9-10-18(17)26(3)4/h6-12H,5,13H2,1-4H3,(H,23,28). The first-order chi connectivity index (χ1) is 13.9. The van der Waals surface area contributed by atoms with Crippen LogP contribution in [-0.2, 0) is 11.3 Å². The second-order valence-corrected chi connectivity index (χ2v) is 8.19. The summed E-state index contributed by atoms with van der Waals surface area (Å²) in [5.41, 5.74) is 3.77. The number of hydrogen-bond donors (Lipinski definition) is 1. The second-order valence-electron chi connectivity index (χ2n) is 6.81. The van der Waals surface area contributed by atoms with E-state index in [1.165, 1.54) is 17.3 Å². The lowest BCUT2D eigenvalue weighted by molar-refractivity contribution is -0.113. The summed E-state index contributed by atoms with van der Waals surface area (Å²) in [6.45, 7) is 4.81. The van der Waals surface area contributed by atoms with Crippen molar-refractivity contribution in [2.24, 2.45) is 0 Å². The van der Waals surface area contributed by atoms with Crippen LogP contribution in [0.1, 0.15) is 12.5 Å². The number of aromatic nitrogens is 3. The summed E-state index contributed by atoms with van der Waals surface area (Å²) >= 11 is 7.46. The average molecular weight is 430 g/mol. The van der Waals surface area contributed by atoms with Gasteiger partial charge in [0.15, 0.2) is 11.0 Å². The van der Waals surface area contributed by atoms with Crippen molar-refractivity contribution in [1.82, 2.24) is 14.8 Å². The summed E-state index contributed by atoms with van der Waals surface area (Å²) in [6, 6.07) is 13.6. The fourth-order valence-corrected chi connectivity index (χ4v) is 3.97. The van der Waals surface area contributed by atoms with E-state index in [0.717, 1.165) is 28.8 Å². The van der Waals surface area contributed by atoms with Crippen LogP contribution in [0.5, 0.6) is 0 Å². The van der Waals surface area contributed by atoms with Gasteiger partial charge in [-0.25, -0.2) is 0 Å². The lowest BCUT2D eigenvalue weighted by atomic mass is 10.1. The summed E-state index contributed by atoms with van der Waals surface area (Å²) in [4.78, 5) is 14.5. The van der Waals surface area contributed by atoms with E-state index in [0.29, 0.717) is 10.7 Å². The molecule has 1 amide bonds. The molecule has 1 N–H and O–H groups in total. The summed E-state index contributed by atoms with van der Waals surface area (Å²) in [5, 5.41) is 12.9. The van der Waals surface area contributed by atoms with Gasteiger partial charge in [-0.05, 0) is 38.1 Å². The molecule has 0 aliphatic rings. The molecule has 3 aromatic rings. The van der Waals surface area contributed by atoms with Crippen molar-refractivity contribution < 1.29 is 4.79 Å². The Balaban J connectivity index is 1.72.